The van der Waals surface area contributed by atoms with E-state index < -0.39 is 10.3 Å². The molecule has 0 saturated heterocycles. The Morgan fingerprint density at radius 3 is 2.72 bits per heavy atom. The van der Waals surface area contributed by atoms with Gasteiger partial charge in [0.15, 0.2) is 0 Å². The number of alkyl halides is 2. The third-order valence-electron chi connectivity index (χ3n) is 5.41. The van der Waals surface area contributed by atoms with Gasteiger partial charge in [-0.2, -0.15) is 0 Å². The first-order valence-electron chi connectivity index (χ1n) is 9.50. The Morgan fingerprint density at radius 1 is 1.24 bits per heavy atom. The molecule has 2 heterocycles. The van der Waals surface area contributed by atoms with Gasteiger partial charge >= 0.3 is 5.97 Å². The van der Waals surface area contributed by atoms with Crippen LogP contribution in [0.4, 0.5) is 5.82 Å². The number of anilines is 1. The van der Waals surface area contributed by atoms with E-state index in [0.29, 0.717) is 6.61 Å². The number of carbonyl (C=O) groups is 1. The largest absolute Gasteiger partial charge is 0.493 e. The zero-order chi connectivity index (χ0) is 19.7. The van der Waals surface area contributed by atoms with E-state index in [1.54, 1.807) is 0 Å². The summed E-state index contributed by atoms with van der Waals surface area (Å²) >= 11 is 12.5. The fourth-order valence-corrected chi connectivity index (χ4v) is 4.68. The molecule has 0 bridgehead atoms. The van der Waals surface area contributed by atoms with Crippen LogP contribution in [0, 0.1) is 5.92 Å². The van der Waals surface area contributed by atoms with Gasteiger partial charge in [-0.05, 0) is 42.2 Å². The highest BCUT2D eigenvalue weighted by molar-refractivity contribution is 6.52. The first-order valence-corrected chi connectivity index (χ1v) is 10.3. The number of fused-ring (bicyclic) bond motifs is 1. The van der Waals surface area contributed by atoms with Crippen LogP contribution < -0.4 is 10.1 Å². The highest BCUT2D eigenvalue weighted by Crippen LogP contribution is 2.66. The summed E-state index contributed by atoms with van der Waals surface area (Å²) in [6.45, 7) is 1.51. The molecule has 1 aliphatic carbocycles. The molecule has 2 aliphatic rings. The highest BCUT2D eigenvalue weighted by atomic mass is 35.5. The SMILES string of the molecule is Cl.O=C(O)CC1C(c2ccc(OCCc3ccc4c(n3)NCCC4)cc2)C1(Cl)Cl. The molecule has 2 aromatic rings. The van der Waals surface area contributed by atoms with Gasteiger partial charge < -0.3 is 15.2 Å². The van der Waals surface area contributed by atoms with Crippen LogP contribution in [0.2, 0.25) is 0 Å². The Balaban J connectivity index is 0.00000240. The molecule has 4 rings (SSSR count). The molecular formula is C21H23Cl3N2O3. The number of aryl methyl sites for hydroxylation is 1. The average Bonchev–Trinajstić information content (AvgIpc) is 3.21. The summed E-state index contributed by atoms with van der Waals surface area (Å²) in [5.41, 5.74) is 3.22. The Morgan fingerprint density at radius 2 is 2.00 bits per heavy atom. The molecule has 1 aliphatic heterocycles. The van der Waals surface area contributed by atoms with Gasteiger partial charge in [-0.25, -0.2) is 4.98 Å². The predicted octanol–water partition coefficient (Wildman–Crippen LogP) is 4.85. The molecule has 0 radical (unpaired) electrons. The molecule has 2 N–H and O–H groups in total. The maximum absolute atomic E-state index is 10.9. The van der Waals surface area contributed by atoms with Crippen molar-refractivity contribution >= 4 is 47.4 Å². The summed E-state index contributed by atoms with van der Waals surface area (Å²) in [4.78, 5) is 15.6. The standard InChI is InChI=1S/C21H22Cl2N2O3.ClH/c22-21(23)17(12-18(26)27)19(21)13-4-7-16(8-5-13)28-11-9-15-6-3-14-2-1-10-24-20(14)25-15;/h3-8,17,19H,1-2,9-12H2,(H,24,25)(H,26,27);1H. The number of pyridine rings is 1. The lowest BCUT2D eigenvalue weighted by atomic mass is 10.1. The van der Waals surface area contributed by atoms with E-state index >= 15 is 0 Å². The molecule has 2 atom stereocenters. The second-order valence-electron chi connectivity index (χ2n) is 7.36. The number of aromatic nitrogens is 1. The summed E-state index contributed by atoms with van der Waals surface area (Å²) in [5.74, 6) is 0.449. The Kier molecular flexibility index (Phi) is 6.82. The summed E-state index contributed by atoms with van der Waals surface area (Å²) < 4.78 is 4.82. The Labute approximate surface area is 186 Å². The van der Waals surface area contributed by atoms with Gasteiger partial charge in [-0.3, -0.25) is 4.79 Å². The summed E-state index contributed by atoms with van der Waals surface area (Å²) in [6.07, 6.45) is 2.93. The number of hydrogen-bond donors (Lipinski definition) is 2. The number of carboxylic acid groups (broad SMARTS) is 1. The summed E-state index contributed by atoms with van der Waals surface area (Å²) in [5, 5.41) is 12.3. The number of carboxylic acids is 1. The second kappa shape index (κ2) is 8.99. The van der Waals surface area contributed by atoms with Crippen LogP contribution in [-0.2, 0) is 17.6 Å². The summed E-state index contributed by atoms with van der Waals surface area (Å²) in [6, 6.07) is 11.8. The van der Waals surface area contributed by atoms with Crippen molar-refractivity contribution in [1.82, 2.24) is 4.98 Å². The van der Waals surface area contributed by atoms with Gasteiger partial charge in [-0.1, -0.05) is 18.2 Å². The molecule has 1 saturated carbocycles. The van der Waals surface area contributed by atoms with Crippen LogP contribution in [0.15, 0.2) is 36.4 Å². The number of nitrogens with zero attached hydrogens (tertiary/aromatic N) is 1. The number of nitrogens with one attached hydrogen (secondary N) is 1. The van der Waals surface area contributed by atoms with E-state index in [2.05, 4.69) is 22.4 Å². The van der Waals surface area contributed by atoms with E-state index in [0.717, 1.165) is 48.6 Å². The number of halogens is 3. The monoisotopic (exact) mass is 456 g/mol. The van der Waals surface area contributed by atoms with Crippen LogP contribution >= 0.6 is 35.6 Å². The van der Waals surface area contributed by atoms with Crippen molar-refractivity contribution in [3.63, 3.8) is 0 Å². The van der Waals surface area contributed by atoms with Gasteiger partial charge in [0.1, 0.15) is 15.9 Å². The lowest BCUT2D eigenvalue weighted by Crippen LogP contribution is -2.14. The topological polar surface area (TPSA) is 71.5 Å². The van der Waals surface area contributed by atoms with E-state index in [9.17, 15) is 4.79 Å². The number of ether oxygens (including phenoxy) is 1. The number of benzene rings is 1. The van der Waals surface area contributed by atoms with E-state index in [1.807, 2.05) is 24.3 Å². The van der Waals surface area contributed by atoms with Crippen LogP contribution in [-0.4, -0.2) is 33.5 Å². The molecule has 29 heavy (non-hydrogen) atoms. The third kappa shape index (κ3) is 4.90. The van der Waals surface area contributed by atoms with Crippen molar-refractivity contribution in [3.8, 4) is 5.75 Å². The molecule has 5 nitrogen and oxygen atoms in total. The maximum Gasteiger partial charge on any atom is 0.303 e. The first-order chi connectivity index (χ1) is 13.4. The normalized spacial score (nSPS) is 21.3. The van der Waals surface area contributed by atoms with Crippen molar-refractivity contribution in [2.75, 3.05) is 18.5 Å². The lowest BCUT2D eigenvalue weighted by molar-refractivity contribution is -0.137. The zero-order valence-corrected chi connectivity index (χ0v) is 18.1. The molecule has 1 aromatic heterocycles. The quantitative estimate of drug-likeness (QED) is 0.582. The van der Waals surface area contributed by atoms with Crippen molar-refractivity contribution in [1.29, 1.82) is 0 Å². The molecule has 156 valence electrons. The van der Waals surface area contributed by atoms with Crippen LogP contribution in [0.25, 0.3) is 0 Å². The highest BCUT2D eigenvalue weighted by Gasteiger charge is 2.64. The summed E-state index contributed by atoms with van der Waals surface area (Å²) in [7, 11) is 0. The first kappa shape index (κ1) is 22.0. The Bertz CT molecular complexity index is 874. The molecular weight excluding hydrogens is 435 g/mol. The fourth-order valence-electron chi connectivity index (χ4n) is 3.84. The molecule has 1 aromatic carbocycles. The number of rotatable bonds is 7. The van der Waals surface area contributed by atoms with Gasteiger partial charge in [0.25, 0.3) is 0 Å². The molecule has 2 unspecified atom stereocenters. The van der Waals surface area contributed by atoms with Gasteiger partial charge in [0, 0.05) is 30.5 Å². The minimum absolute atomic E-state index is 0. The molecule has 1 fully saturated rings. The minimum Gasteiger partial charge on any atom is -0.493 e. The fraction of sp³-hybridized carbons (Fsp3) is 0.429. The van der Waals surface area contributed by atoms with Crippen LogP contribution in [0.5, 0.6) is 5.75 Å². The van der Waals surface area contributed by atoms with Gasteiger partial charge in [0.2, 0.25) is 0 Å². The van der Waals surface area contributed by atoms with E-state index in [1.165, 1.54) is 5.56 Å². The minimum atomic E-state index is -1.01. The zero-order valence-electron chi connectivity index (χ0n) is 15.7. The van der Waals surface area contributed by atoms with Gasteiger partial charge in [0.05, 0.1) is 13.0 Å². The lowest BCUT2D eigenvalue weighted by Gasteiger charge is -2.17. The van der Waals surface area contributed by atoms with E-state index in [-0.39, 0.29) is 30.7 Å². The van der Waals surface area contributed by atoms with Gasteiger partial charge in [-0.15, -0.1) is 35.6 Å². The maximum atomic E-state index is 10.9. The van der Waals surface area contributed by atoms with Crippen molar-refractivity contribution in [3.05, 3.63) is 53.2 Å². The Hall–Kier alpha value is -1.69. The van der Waals surface area contributed by atoms with Crippen LogP contribution in [0.1, 0.15) is 35.6 Å². The van der Waals surface area contributed by atoms with Crippen molar-refractivity contribution < 1.29 is 14.6 Å². The van der Waals surface area contributed by atoms with Crippen LogP contribution in [0.3, 0.4) is 0 Å². The average molecular weight is 458 g/mol. The second-order valence-corrected chi connectivity index (χ2v) is 8.81. The third-order valence-corrected chi connectivity index (χ3v) is 6.45. The smallest absolute Gasteiger partial charge is 0.303 e. The van der Waals surface area contributed by atoms with Crippen molar-refractivity contribution in [2.24, 2.45) is 5.92 Å². The molecule has 0 spiro atoms. The number of aliphatic carboxylic acids is 1. The van der Waals surface area contributed by atoms with Crippen molar-refractivity contribution in [2.45, 2.75) is 35.9 Å². The molecule has 0 amide bonds. The predicted molar refractivity (Wildman–Crippen MR) is 117 cm³/mol. The molecule has 8 heteroatoms. The van der Waals surface area contributed by atoms with E-state index in [4.69, 9.17) is 33.0 Å². The number of hydrogen-bond acceptors (Lipinski definition) is 4.